The Labute approximate surface area is 154 Å². The number of nitriles is 1. The van der Waals surface area contributed by atoms with Crippen LogP contribution in [0.5, 0.6) is 11.5 Å². The molecule has 0 spiro atoms. The van der Waals surface area contributed by atoms with Crippen LogP contribution >= 0.6 is 10.9 Å². The molecule has 0 bridgehead atoms. The minimum Gasteiger partial charge on any atom is -0.507 e. The van der Waals surface area contributed by atoms with E-state index in [0.29, 0.717) is 29.2 Å². The normalized spacial score (nSPS) is 16.8. The molecule has 26 heavy (non-hydrogen) atoms. The van der Waals surface area contributed by atoms with Gasteiger partial charge in [0.2, 0.25) is 0 Å². The molecule has 1 aliphatic rings. The van der Waals surface area contributed by atoms with Crippen molar-refractivity contribution in [2.24, 2.45) is 0 Å². The minimum absolute atomic E-state index is 0.0307. The van der Waals surface area contributed by atoms with Gasteiger partial charge in [0, 0.05) is 16.7 Å². The maximum Gasteiger partial charge on any atom is 0.163 e. The second-order valence-corrected chi connectivity index (χ2v) is 7.76. The Morgan fingerprint density at radius 1 is 1.35 bits per heavy atom. The number of carbonyl (C=O) groups excluding carboxylic acids is 1. The maximum atomic E-state index is 11.5. The number of carbonyl (C=O) groups is 1. The molecule has 0 fully saturated rings. The SMILES string of the molecule is CC(=O)c1ccc(OCC2=C[SH](c3ccc(C#N)nc3)C=C2)c(C)c1O. The first-order valence-electron chi connectivity index (χ1n) is 7.99. The molecule has 1 aliphatic heterocycles. The van der Waals surface area contributed by atoms with E-state index in [1.807, 2.05) is 18.2 Å². The Morgan fingerprint density at radius 2 is 2.15 bits per heavy atom. The van der Waals surface area contributed by atoms with Gasteiger partial charge in [-0.2, -0.15) is 16.2 Å². The van der Waals surface area contributed by atoms with E-state index in [1.54, 1.807) is 31.3 Å². The molecule has 0 aliphatic carbocycles. The molecular formula is C20H18N2O3S. The van der Waals surface area contributed by atoms with Crippen LogP contribution in [0.15, 0.2) is 57.8 Å². The van der Waals surface area contributed by atoms with Gasteiger partial charge in [0.05, 0.1) is 5.56 Å². The number of phenolic OH excluding ortho intramolecular Hbond substituents is 1. The Bertz CT molecular complexity index is 956. The number of rotatable bonds is 5. The zero-order valence-electron chi connectivity index (χ0n) is 14.4. The molecule has 0 radical (unpaired) electrons. The van der Waals surface area contributed by atoms with Crippen LogP contribution in [0.25, 0.3) is 0 Å². The topological polar surface area (TPSA) is 83.2 Å². The van der Waals surface area contributed by atoms with Crippen molar-refractivity contribution in [3.8, 4) is 17.6 Å². The number of aromatic hydroxyl groups is 1. The lowest BCUT2D eigenvalue weighted by Gasteiger charge is -2.12. The van der Waals surface area contributed by atoms with Crippen LogP contribution in [-0.2, 0) is 0 Å². The number of thiol groups is 1. The first-order chi connectivity index (χ1) is 12.5. The van der Waals surface area contributed by atoms with Crippen molar-refractivity contribution in [1.29, 1.82) is 5.26 Å². The van der Waals surface area contributed by atoms with Gasteiger partial charge < -0.3 is 9.84 Å². The summed E-state index contributed by atoms with van der Waals surface area (Å²) >= 11 is 0. The molecule has 1 aromatic carbocycles. The van der Waals surface area contributed by atoms with Gasteiger partial charge in [0.1, 0.15) is 29.9 Å². The number of hydrogen-bond acceptors (Lipinski definition) is 5. The average Bonchev–Trinajstić information content (AvgIpc) is 3.11. The zero-order valence-corrected chi connectivity index (χ0v) is 15.3. The van der Waals surface area contributed by atoms with E-state index in [0.717, 1.165) is 10.5 Å². The molecule has 132 valence electrons. The highest BCUT2D eigenvalue weighted by atomic mass is 32.2. The number of phenols is 1. The fraction of sp³-hybridized carbons (Fsp3) is 0.150. The van der Waals surface area contributed by atoms with E-state index in [-0.39, 0.29) is 11.5 Å². The van der Waals surface area contributed by atoms with Crippen LogP contribution in [0.1, 0.15) is 28.5 Å². The molecule has 6 heteroatoms. The summed E-state index contributed by atoms with van der Waals surface area (Å²) in [6.07, 6.45) is 3.75. The van der Waals surface area contributed by atoms with Gasteiger partial charge in [-0.15, -0.1) is 0 Å². The maximum absolute atomic E-state index is 11.5. The van der Waals surface area contributed by atoms with Crippen molar-refractivity contribution < 1.29 is 14.6 Å². The van der Waals surface area contributed by atoms with Crippen molar-refractivity contribution in [1.82, 2.24) is 4.98 Å². The number of ether oxygens (including phenoxy) is 1. The van der Waals surface area contributed by atoms with Crippen LogP contribution in [0.2, 0.25) is 0 Å². The molecule has 0 saturated heterocycles. The van der Waals surface area contributed by atoms with Crippen molar-refractivity contribution in [3.05, 3.63) is 69.7 Å². The minimum atomic E-state index is -0.594. The molecule has 1 N–H and O–H groups in total. The monoisotopic (exact) mass is 366 g/mol. The predicted octanol–water partition coefficient (Wildman–Crippen LogP) is 4.02. The van der Waals surface area contributed by atoms with Gasteiger partial charge in [-0.3, -0.25) is 4.79 Å². The fourth-order valence-electron chi connectivity index (χ4n) is 2.57. The molecule has 3 rings (SSSR count). The van der Waals surface area contributed by atoms with Crippen LogP contribution < -0.4 is 4.74 Å². The third-order valence-electron chi connectivity index (χ3n) is 4.07. The zero-order chi connectivity index (χ0) is 18.7. The van der Waals surface area contributed by atoms with E-state index in [1.165, 1.54) is 6.92 Å². The van der Waals surface area contributed by atoms with Gasteiger partial charge >= 0.3 is 0 Å². The van der Waals surface area contributed by atoms with Crippen molar-refractivity contribution in [2.75, 3.05) is 6.61 Å². The second kappa shape index (κ2) is 7.46. The van der Waals surface area contributed by atoms with Crippen LogP contribution in [-0.4, -0.2) is 22.5 Å². The number of hydrogen-bond donors (Lipinski definition) is 2. The summed E-state index contributed by atoms with van der Waals surface area (Å²) in [6, 6.07) is 8.94. The molecule has 1 aromatic heterocycles. The number of aromatic nitrogens is 1. The summed E-state index contributed by atoms with van der Waals surface area (Å²) in [4.78, 5) is 16.7. The molecule has 2 heterocycles. The van der Waals surface area contributed by atoms with E-state index in [9.17, 15) is 9.90 Å². The predicted molar refractivity (Wildman–Crippen MR) is 102 cm³/mol. The van der Waals surface area contributed by atoms with E-state index < -0.39 is 10.9 Å². The van der Waals surface area contributed by atoms with E-state index >= 15 is 0 Å². The number of benzene rings is 1. The van der Waals surface area contributed by atoms with Crippen LogP contribution in [0.4, 0.5) is 0 Å². The third-order valence-corrected chi connectivity index (χ3v) is 6.01. The lowest BCUT2D eigenvalue weighted by Crippen LogP contribution is -2.02. The smallest absolute Gasteiger partial charge is 0.163 e. The number of Topliss-reactive ketones (excluding diaryl/α,β-unsaturated/α-hetero) is 1. The first kappa shape index (κ1) is 17.8. The van der Waals surface area contributed by atoms with Crippen molar-refractivity contribution >= 4 is 16.7 Å². The molecule has 5 nitrogen and oxygen atoms in total. The van der Waals surface area contributed by atoms with Crippen LogP contribution in [0.3, 0.4) is 0 Å². The van der Waals surface area contributed by atoms with E-state index in [4.69, 9.17) is 10.00 Å². The summed E-state index contributed by atoms with van der Waals surface area (Å²) in [6.45, 7) is 3.52. The Hall–Kier alpha value is -3.04. The molecule has 1 unspecified atom stereocenters. The van der Waals surface area contributed by atoms with Crippen molar-refractivity contribution in [3.63, 3.8) is 0 Å². The molecule has 1 atom stereocenters. The second-order valence-electron chi connectivity index (χ2n) is 5.87. The molecule has 0 saturated carbocycles. The number of nitrogens with zero attached hydrogens (tertiary/aromatic N) is 2. The Kier molecular flexibility index (Phi) is 5.10. The quantitative estimate of drug-likeness (QED) is 0.617. The van der Waals surface area contributed by atoms with Gasteiger partial charge in [-0.1, -0.05) is 0 Å². The lowest BCUT2D eigenvalue weighted by atomic mass is 10.1. The standard InChI is InChI=1S/C20H18N2O3S/c1-13-19(6-5-18(14(2)23)20(13)24)25-11-15-7-8-26(12-15)17-4-3-16(9-21)22-10-17/h3-8,10,12,24,26H,11H2,1-2H3. The Balaban J connectivity index is 1.69. The average molecular weight is 366 g/mol. The summed E-state index contributed by atoms with van der Waals surface area (Å²) < 4.78 is 5.82. The number of pyridine rings is 1. The van der Waals surface area contributed by atoms with Gasteiger partial charge in [0.15, 0.2) is 5.78 Å². The molecular weight excluding hydrogens is 348 g/mol. The lowest BCUT2D eigenvalue weighted by molar-refractivity contribution is 0.101. The summed E-state index contributed by atoms with van der Waals surface area (Å²) in [5, 5.41) is 23.2. The van der Waals surface area contributed by atoms with Gasteiger partial charge in [0.25, 0.3) is 0 Å². The largest absolute Gasteiger partial charge is 0.507 e. The Morgan fingerprint density at radius 3 is 2.81 bits per heavy atom. The van der Waals surface area contributed by atoms with Gasteiger partial charge in [-0.25, -0.2) is 4.98 Å². The van der Waals surface area contributed by atoms with Crippen molar-refractivity contribution in [2.45, 2.75) is 18.7 Å². The summed E-state index contributed by atoms with van der Waals surface area (Å²) in [7, 11) is -0.594. The van der Waals surface area contributed by atoms with Gasteiger partial charge in [-0.05, 0) is 60.6 Å². The van der Waals surface area contributed by atoms with Crippen LogP contribution in [0, 0.1) is 18.3 Å². The highest BCUT2D eigenvalue weighted by Crippen LogP contribution is 2.44. The fourth-order valence-corrected chi connectivity index (χ4v) is 4.29. The number of ketones is 1. The summed E-state index contributed by atoms with van der Waals surface area (Å²) in [5.41, 5.74) is 2.30. The third kappa shape index (κ3) is 3.63. The van der Waals surface area contributed by atoms with E-state index in [2.05, 4.69) is 15.8 Å². The molecule has 2 aromatic rings. The highest BCUT2D eigenvalue weighted by Gasteiger charge is 2.14. The molecule has 0 amide bonds. The highest BCUT2D eigenvalue weighted by molar-refractivity contribution is 8.22. The first-order valence-corrected chi connectivity index (χ1v) is 9.47. The summed E-state index contributed by atoms with van der Waals surface area (Å²) in [5.74, 6) is 0.343.